The molecule has 0 aliphatic rings. The van der Waals surface area contributed by atoms with Crippen LogP contribution < -0.4 is 0 Å². The summed E-state index contributed by atoms with van der Waals surface area (Å²) in [5, 5.41) is 12.7. The molecule has 0 amide bonds. The lowest BCUT2D eigenvalue weighted by atomic mass is 9.83. The standard InChI is InChI=1S/C65H67N3O/c1-12-42(13-2)43-27-29-44(30-28-43)47-33-34-66-57(38-47)49-35-48(36-51(37-49)64(6,7)8)53-25-20-26-59-60(53)67-62(56-41-52(65(9,10)11)40-55(61(56)69)46-23-18-15-19-24-46)68(59)58-32-31-50(63(3,4)5)39-54(58)45-21-16-14-17-22-45/h14-42,69H,12-13H2,1-11H3/i42D. The van der Waals surface area contributed by atoms with Crippen LogP contribution in [0.5, 0.6) is 5.75 Å². The molecule has 1 N–H and O–H groups in total. The lowest BCUT2D eigenvalue weighted by molar-refractivity contribution is 0.477. The Morgan fingerprint density at radius 3 is 1.70 bits per heavy atom. The molecule has 0 aliphatic heterocycles. The van der Waals surface area contributed by atoms with E-state index in [1.807, 2.05) is 24.4 Å². The number of imidazole rings is 1. The van der Waals surface area contributed by atoms with E-state index in [9.17, 15) is 5.11 Å². The third-order valence-corrected chi connectivity index (χ3v) is 13.8. The van der Waals surface area contributed by atoms with Crippen LogP contribution in [0, 0.1) is 0 Å². The molecule has 0 saturated heterocycles. The number of fused-ring (bicyclic) bond motifs is 1. The predicted octanol–water partition coefficient (Wildman–Crippen LogP) is 17.9. The Hall–Kier alpha value is -7.04. The molecule has 0 saturated carbocycles. The summed E-state index contributed by atoms with van der Waals surface area (Å²) < 4.78 is 11.3. The number of aromatic nitrogens is 3. The topological polar surface area (TPSA) is 50.9 Å². The molecule has 2 aromatic heterocycles. The number of hydrogen-bond donors (Lipinski definition) is 1. The van der Waals surface area contributed by atoms with Crippen molar-refractivity contribution >= 4 is 11.0 Å². The van der Waals surface area contributed by atoms with E-state index >= 15 is 0 Å². The summed E-state index contributed by atoms with van der Waals surface area (Å²) >= 11 is 0. The maximum Gasteiger partial charge on any atom is 0.149 e. The summed E-state index contributed by atoms with van der Waals surface area (Å²) in [5.41, 5.74) is 17.5. The number of para-hydroxylation sites is 1. The van der Waals surface area contributed by atoms with Gasteiger partial charge in [0.1, 0.15) is 11.6 Å². The van der Waals surface area contributed by atoms with Gasteiger partial charge in [-0.2, -0.15) is 0 Å². The Labute approximate surface area is 412 Å². The first-order valence-electron chi connectivity index (χ1n) is 25.2. The van der Waals surface area contributed by atoms with E-state index in [4.69, 9.17) is 11.3 Å². The molecular formula is C65H67N3O. The Morgan fingerprint density at radius 2 is 1.07 bits per heavy atom. The number of rotatable bonds is 10. The summed E-state index contributed by atoms with van der Waals surface area (Å²) in [6.45, 7) is 24.4. The minimum atomic E-state index is -0.589. The van der Waals surface area contributed by atoms with Gasteiger partial charge in [-0.15, -0.1) is 0 Å². The smallest absolute Gasteiger partial charge is 0.149 e. The van der Waals surface area contributed by atoms with Crippen molar-refractivity contribution in [2.45, 2.75) is 111 Å². The van der Waals surface area contributed by atoms with Gasteiger partial charge in [0, 0.05) is 29.8 Å². The number of aromatic hydroxyl groups is 1. The van der Waals surface area contributed by atoms with Crippen LogP contribution in [0.3, 0.4) is 0 Å². The Morgan fingerprint density at radius 1 is 0.493 bits per heavy atom. The molecule has 0 aliphatic carbocycles. The summed E-state index contributed by atoms with van der Waals surface area (Å²) in [4.78, 5) is 10.7. The fourth-order valence-electron chi connectivity index (χ4n) is 9.57. The average Bonchev–Trinajstić information content (AvgIpc) is 3.75. The summed E-state index contributed by atoms with van der Waals surface area (Å²) in [7, 11) is 0. The lowest BCUT2D eigenvalue weighted by Gasteiger charge is -2.24. The molecule has 0 bridgehead atoms. The average molecular weight is 907 g/mol. The highest BCUT2D eigenvalue weighted by atomic mass is 16.3. The van der Waals surface area contributed by atoms with Gasteiger partial charge in [-0.3, -0.25) is 9.55 Å². The highest BCUT2D eigenvalue weighted by molar-refractivity contribution is 5.98. The maximum atomic E-state index is 12.7. The largest absolute Gasteiger partial charge is 0.507 e. The van der Waals surface area contributed by atoms with Crippen LogP contribution in [0.25, 0.3) is 83.9 Å². The van der Waals surface area contributed by atoms with Crippen molar-refractivity contribution in [1.82, 2.24) is 14.5 Å². The van der Waals surface area contributed by atoms with Gasteiger partial charge in [0.25, 0.3) is 0 Å². The van der Waals surface area contributed by atoms with Crippen molar-refractivity contribution in [1.29, 1.82) is 0 Å². The minimum Gasteiger partial charge on any atom is -0.507 e. The Balaban J connectivity index is 1.31. The van der Waals surface area contributed by atoms with Gasteiger partial charge in [-0.1, -0.05) is 185 Å². The second kappa shape index (κ2) is 18.5. The predicted molar refractivity (Wildman–Crippen MR) is 293 cm³/mol. The highest BCUT2D eigenvalue weighted by Crippen LogP contribution is 2.46. The van der Waals surface area contributed by atoms with E-state index in [0.717, 1.165) is 96.5 Å². The van der Waals surface area contributed by atoms with Crippen LogP contribution >= 0.6 is 0 Å². The molecule has 9 rings (SSSR count). The zero-order valence-corrected chi connectivity index (χ0v) is 42.4. The van der Waals surface area contributed by atoms with Crippen molar-refractivity contribution < 1.29 is 6.48 Å². The van der Waals surface area contributed by atoms with Crippen molar-refractivity contribution in [3.05, 3.63) is 192 Å². The number of pyridine rings is 1. The number of benzene rings is 7. The van der Waals surface area contributed by atoms with E-state index in [2.05, 4.69) is 226 Å². The van der Waals surface area contributed by atoms with Crippen molar-refractivity contribution in [2.75, 3.05) is 0 Å². The first-order chi connectivity index (χ1) is 33.3. The number of hydrogen-bond acceptors (Lipinski definition) is 3. The van der Waals surface area contributed by atoms with E-state index in [0.29, 0.717) is 11.4 Å². The number of phenols is 1. The summed E-state index contributed by atoms with van der Waals surface area (Å²) in [6, 6.07) is 58.0. The van der Waals surface area contributed by atoms with E-state index < -0.39 is 5.89 Å². The molecule has 0 fully saturated rings. The monoisotopic (exact) mass is 907 g/mol. The first kappa shape index (κ1) is 45.7. The van der Waals surface area contributed by atoms with Gasteiger partial charge < -0.3 is 5.11 Å². The zero-order valence-electron chi connectivity index (χ0n) is 43.4. The fraction of sp³-hybridized carbons (Fsp3) is 0.262. The Bertz CT molecular complexity index is 3340. The molecule has 0 unspecified atom stereocenters. The number of nitrogens with zero attached hydrogens (tertiary/aromatic N) is 3. The molecule has 4 heteroatoms. The first-order valence-corrected chi connectivity index (χ1v) is 24.7. The number of phenolic OH excluding ortho intramolecular Hbond substituents is 1. The molecule has 348 valence electrons. The van der Waals surface area contributed by atoms with Gasteiger partial charge in [0.05, 0.1) is 28.0 Å². The summed E-state index contributed by atoms with van der Waals surface area (Å²) in [5.74, 6) is 0.267. The molecule has 2 heterocycles. The molecule has 0 atom stereocenters. The second-order valence-electron chi connectivity index (χ2n) is 21.7. The molecule has 0 spiro atoms. The zero-order chi connectivity index (χ0) is 49.8. The highest BCUT2D eigenvalue weighted by Gasteiger charge is 2.28. The molecule has 4 nitrogen and oxygen atoms in total. The lowest BCUT2D eigenvalue weighted by Crippen LogP contribution is -2.13. The molecule has 69 heavy (non-hydrogen) atoms. The summed E-state index contributed by atoms with van der Waals surface area (Å²) in [6.07, 6.45) is 3.44. The SMILES string of the molecule is [2H]C(CC)(CC)c1ccc(-c2ccnc(-c3cc(-c4cccc5c4nc(-c4cc(C(C)(C)C)cc(-c6ccccc6)c4O)n5-c4ccc(C(C)(C)C)cc4-c4ccccc4)cc(C(C)(C)C)c3)c2)cc1. The van der Waals surface area contributed by atoms with E-state index in [1.54, 1.807) is 0 Å². The van der Waals surface area contributed by atoms with Gasteiger partial charge in [0.2, 0.25) is 0 Å². The molecule has 0 radical (unpaired) electrons. The van der Waals surface area contributed by atoms with Gasteiger partial charge in [0.15, 0.2) is 0 Å². The van der Waals surface area contributed by atoms with Crippen molar-refractivity contribution in [2.24, 2.45) is 0 Å². The third-order valence-electron chi connectivity index (χ3n) is 13.8. The second-order valence-corrected chi connectivity index (χ2v) is 21.7. The normalized spacial score (nSPS) is 12.7. The van der Waals surface area contributed by atoms with E-state index in [-0.39, 0.29) is 22.0 Å². The van der Waals surface area contributed by atoms with Crippen LogP contribution in [0.4, 0.5) is 0 Å². The molecule has 7 aromatic carbocycles. The van der Waals surface area contributed by atoms with Crippen molar-refractivity contribution in [3.63, 3.8) is 0 Å². The quantitative estimate of drug-likeness (QED) is 0.149. The van der Waals surface area contributed by atoms with E-state index in [1.165, 1.54) is 11.1 Å². The van der Waals surface area contributed by atoms with Crippen molar-refractivity contribution in [3.8, 4) is 78.6 Å². The van der Waals surface area contributed by atoms with Crippen LogP contribution in [-0.2, 0) is 16.2 Å². The van der Waals surface area contributed by atoms with Crippen LogP contribution in [0.1, 0.15) is 119 Å². The van der Waals surface area contributed by atoms with Gasteiger partial charge >= 0.3 is 0 Å². The Kier molecular flexibility index (Phi) is 12.2. The van der Waals surface area contributed by atoms with Gasteiger partial charge in [-0.05, 0) is 140 Å². The van der Waals surface area contributed by atoms with Crippen LogP contribution in [-0.4, -0.2) is 19.6 Å². The van der Waals surface area contributed by atoms with Gasteiger partial charge in [-0.25, -0.2) is 4.98 Å². The molecule has 9 aromatic rings. The van der Waals surface area contributed by atoms with Crippen LogP contribution in [0.2, 0.25) is 0 Å². The molecular weight excluding hydrogens is 839 g/mol. The third kappa shape index (κ3) is 9.42. The van der Waals surface area contributed by atoms with Crippen LogP contribution in [0.15, 0.2) is 170 Å². The maximum absolute atomic E-state index is 12.7. The fourth-order valence-corrected chi connectivity index (χ4v) is 9.57. The minimum absolute atomic E-state index is 0.0910.